The summed E-state index contributed by atoms with van der Waals surface area (Å²) >= 11 is 0. The van der Waals surface area contributed by atoms with E-state index < -0.39 is 29.4 Å². The van der Waals surface area contributed by atoms with Gasteiger partial charge in [-0.3, -0.25) is 9.69 Å². The smallest absolute Gasteiger partial charge is 0.416 e. The van der Waals surface area contributed by atoms with Crippen molar-refractivity contribution in [3.63, 3.8) is 0 Å². The highest BCUT2D eigenvalue weighted by Gasteiger charge is 2.38. The van der Waals surface area contributed by atoms with Crippen LogP contribution in [0.2, 0.25) is 0 Å². The Balaban J connectivity index is 2.08. The molecule has 0 saturated heterocycles. The van der Waals surface area contributed by atoms with Crippen LogP contribution in [0.1, 0.15) is 18.1 Å². The summed E-state index contributed by atoms with van der Waals surface area (Å²) in [5.41, 5.74) is -0.00928. The predicted octanol–water partition coefficient (Wildman–Crippen LogP) is 4.72. The van der Waals surface area contributed by atoms with Crippen molar-refractivity contribution in [3.8, 4) is 0 Å². The molecular formula is C21H15F4NO3. The number of halogens is 4. The van der Waals surface area contributed by atoms with Gasteiger partial charge in [-0.15, -0.1) is 0 Å². The fraction of sp³-hybridized carbons (Fsp3) is 0.143. The molecule has 1 heterocycles. The van der Waals surface area contributed by atoms with E-state index in [1.165, 1.54) is 37.3 Å². The van der Waals surface area contributed by atoms with Gasteiger partial charge >= 0.3 is 12.1 Å². The molecule has 3 rings (SSSR count). The molecular weight excluding hydrogens is 390 g/mol. The Labute approximate surface area is 163 Å². The minimum Gasteiger partial charge on any atom is -0.465 e. The van der Waals surface area contributed by atoms with Crippen LogP contribution in [0.4, 0.5) is 23.2 Å². The summed E-state index contributed by atoms with van der Waals surface area (Å²) in [6, 6.07) is 9.29. The van der Waals surface area contributed by atoms with Crippen molar-refractivity contribution < 1.29 is 31.9 Å². The Kier molecular flexibility index (Phi) is 5.28. The zero-order valence-electron chi connectivity index (χ0n) is 15.4. The Hall–Kier alpha value is -3.42. The van der Waals surface area contributed by atoms with E-state index >= 15 is 0 Å². The van der Waals surface area contributed by atoms with Crippen LogP contribution in [0.5, 0.6) is 0 Å². The fourth-order valence-electron chi connectivity index (χ4n) is 3.02. The first kappa shape index (κ1) is 20.3. The molecule has 0 atom stereocenters. The van der Waals surface area contributed by atoms with Crippen molar-refractivity contribution in [2.24, 2.45) is 0 Å². The van der Waals surface area contributed by atoms with Crippen LogP contribution in [-0.4, -0.2) is 19.0 Å². The number of nitrogens with zero attached hydrogens (tertiary/aromatic N) is 1. The third-order valence-corrected chi connectivity index (χ3v) is 4.42. The summed E-state index contributed by atoms with van der Waals surface area (Å²) in [7, 11) is 1.16. The number of allylic oxidation sites excluding steroid dienone is 1. The van der Waals surface area contributed by atoms with Crippen LogP contribution >= 0.6 is 0 Å². The Morgan fingerprint density at radius 1 is 1.03 bits per heavy atom. The van der Waals surface area contributed by atoms with E-state index in [0.717, 1.165) is 36.3 Å². The topological polar surface area (TPSA) is 46.6 Å². The van der Waals surface area contributed by atoms with Crippen LogP contribution in [-0.2, 0) is 20.5 Å². The predicted molar refractivity (Wildman–Crippen MR) is 98.0 cm³/mol. The molecule has 0 N–H and O–H groups in total. The number of hydrogen-bond donors (Lipinski definition) is 0. The molecule has 2 aromatic carbocycles. The van der Waals surface area contributed by atoms with Gasteiger partial charge in [0.05, 0.1) is 23.8 Å². The van der Waals surface area contributed by atoms with E-state index in [1.807, 2.05) is 0 Å². The number of anilines is 1. The van der Waals surface area contributed by atoms with E-state index in [0.29, 0.717) is 5.56 Å². The lowest BCUT2D eigenvalue weighted by molar-refractivity contribution is -0.137. The van der Waals surface area contributed by atoms with Gasteiger partial charge < -0.3 is 4.74 Å². The minimum absolute atomic E-state index is 0.000793. The highest BCUT2D eigenvalue weighted by atomic mass is 19.4. The fourth-order valence-corrected chi connectivity index (χ4v) is 3.02. The number of methoxy groups -OCH3 is 1. The summed E-state index contributed by atoms with van der Waals surface area (Å²) < 4.78 is 56.3. The Bertz CT molecular complexity index is 1020. The molecule has 0 fully saturated rings. The van der Waals surface area contributed by atoms with Crippen molar-refractivity contribution in [2.45, 2.75) is 13.1 Å². The number of amides is 1. The van der Waals surface area contributed by atoms with E-state index in [9.17, 15) is 27.2 Å². The number of alkyl halides is 3. The number of rotatable bonds is 3. The molecule has 0 unspecified atom stereocenters. The molecule has 0 spiro atoms. The maximum absolute atomic E-state index is 13.1. The molecule has 4 nitrogen and oxygen atoms in total. The Morgan fingerprint density at radius 2 is 1.62 bits per heavy atom. The molecule has 29 heavy (non-hydrogen) atoms. The van der Waals surface area contributed by atoms with E-state index in [2.05, 4.69) is 0 Å². The van der Waals surface area contributed by atoms with Gasteiger partial charge in [-0.25, -0.2) is 9.18 Å². The van der Waals surface area contributed by atoms with E-state index in [4.69, 9.17) is 4.74 Å². The van der Waals surface area contributed by atoms with Crippen molar-refractivity contribution in [1.29, 1.82) is 0 Å². The van der Waals surface area contributed by atoms with Crippen LogP contribution < -0.4 is 4.90 Å². The maximum Gasteiger partial charge on any atom is 0.416 e. The van der Waals surface area contributed by atoms with Gasteiger partial charge in [-0.2, -0.15) is 13.2 Å². The first-order chi connectivity index (χ1) is 13.6. The van der Waals surface area contributed by atoms with Crippen molar-refractivity contribution in [2.75, 3.05) is 12.0 Å². The van der Waals surface area contributed by atoms with Gasteiger partial charge in [0.15, 0.2) is 0 Å². The average molecular weight is 405 g/mol. The van der Waals surface area contributed by atoms with Crippen LogP contribution in [0, 0.1) is 5.82 Å². The lowest BCUT2D eigenvalue weighted by Crippen LogP contribution is -2.24. The van der Waals surface area contributed by atoms with Crippen molar-refractivity contribution >= 4 is 23.6 Å². The summed E-state index contributed by atoms with van der Waals surface area (Å²) in [6.07, 6.45) is -3.11. The second-order valence-corrected chi connectivity index (χ2v) is 6.25. The molecule has 1 aliphatic heterocycles. The highest BCUT2D eigenvalue weighted by Crippen LogP contribution is 2.37. The number of benzene rings is 2. The van der Waals surface area contributed by atoms with Gasteiger partial charge in [0.1, 0.15) is 5.82 Å². The Morgan fingerprint density at radius 3 is 2.14 bits per heavy atom. The van der Waals surface area contributed by atoms with Crippen LogP contribution in [0.3, 0.4) is 0 Å². The summed E-state index contributed by atoms with van der Waals surface area (Å²) in [5.74, 6) is -1.83. The normalized spacial score (nSPS) is 16.0. The largest absolute Gasteiger partial charge is 0.465 e. The third-order valence-electron chi connectivity index (χ3n) is 4.42. The molecule has 0 saturated carbocycles. The van der Waals surface area contributed by atoms with Crippen LogP contribution in [0.15, 0.2) is 65.4 Å². The highest BCUT2D eigenvalue weighted by molar-refractivity contribution is 6.23. The number of ether oxygens (including phenoxy) is 1. The number of hydrogen-bond acceptors (Lipinski definition) is 3. The van der Waals surface area contributed by atoms with Gasteiger partial charge in [-0.1, -0.05) is 12.1 Å². The molecule has 1 aliphatic rings. The van der Waals surface area contributed by atoms with Gasteiger partial charge in [0.25, 0.3) is 5.91 Å². The van der Waals surface area contributed by atoms with Gasteiger partial charge in [0.2, 0.25) is 0 Å². The molecule has 0 bridgehead atoms. The molecule has 1 amide bonds. The van der Waals surface area contributed by atoms with Crippen LogP contribution in [0.25, 0.3) is 6.08 Å². The molecule has 0 aliphatic carbocycles. The van der Waals surface area contributed by atoms with E-state index in [-0.39, 0.29) is 22.5 Å². The summed E-state index contributed by atoms with van der Waals surface area (Å²) in [4.78, 5) is 26.4. The monoisotopic (exact) mass is 405 g/mol. The SMILES string of the molecule is COC(=O)C1=C(C)N(c2ccc(C(F)(F)F)cc2)C(=O)/C1=C\c1ccc(F)cc1. The quantitative estimate of drug-likeness (QED) is 0.422. The molecule has 0 radical (unpaired) electrons. The second-order valence-electron chi connectivity index (χ2n) is 6.25. The molecule has 2 aromatic rings. The standard InChI is InChI=1S/C21H15F4NO3/c1-12-18(20(28)29-2)17(11-13-3-7-15(22)8-4-13)19(27)26(12)16-9-5-14(6-10-16)21(23,24)25/h3-11H,1-2H3/b17-11-. The maximum atomic E-state index is 13.1. The molecule has 8 heteroatoms. The van der Waals surface area contributed by atoms with Crippen molar-refractivity contribution in [1.82, 2.24) is 0 Å². The lowest BCUT2D eigenvalue weighted by atomic mass is 10.0. The minimum atomic E-state index is -4.51. The van der Waals surface area contributed by atoms with Gasteiger partial charge in [0, 0.05) is 11.4 Å². The number of carbonyl (C=O) groups excluding carboxylic acids is 2. The molecule has 150 valence electrons. The summed E-state index contributed by atoms with van der Waals surface area (Å²) in [5, 5.41) is 0. The number of esters is 1. The van der Waals surface area contributed by atoms with Crippen molar-refractivity contribution in [3.05, 3.63) is 82.3 Å². The summed E-state index contributed by atoms with van der Waals surface area (Å²) in [6.45, 7) is 1.49. The molecule has 0 aromatic heterocycles. The third kappa shape index (κ3) is 3.91. The second kappa shape index (κ2) is 7.54. The van der Waals surface area contributed by atoms with Gasteiger partial charge in [-0.05, 0) is 55.0 Å². The van der Waals surface area contributed by atoms with E-state index in [1.54, 1.807) is 0 Å². The first-order valence-corrected chi connectivity index (χ1v) is 8.42. The number of carbonyl (C=O) groups is 2. The lowest BCUT2D eigenvalue weighted by Gasteiger charge is -2.18. The first-order valence-electron chi connectivity index (χ1n) is 8.42. The zero-order valence-corrected chi connectivity index (χ0v) is 15.4. The zero-order chi connectivity index (χ0) is 21.3. The average Bonchev–Trinajstić information content (AvgIpc) is 2.92.